The first-order chi connectivity index (χ1) is 8.27. The monoisotopic (exact) mass is 225 g/mol. The molecule has 0 saturated heterocycles. The van der Waals surface area contributed by atoms with Crippen molar-refractivity contribution in [1.29, 1.82) is 0 Å². The summed E-state index contributed by atoms with van der Waals surface area (Å²) >= 11 is 0. The molecule has 0 radical (unpaired) electrons. The lowest BCUT2D eigenvalue weighted by atomic mass is 9.98. The number of H-pyrrole nitrogens is 1. The van der Waals surface area contributed by atoms with E-state index in [2.05, 4.69) is 15.4 Å². The zero-order valence-electron chi connectivity index (χ0n) is 9.31. The lowest BCUT2D eigenvalue weighted by molar-refractivity contribution is 0.477. The van der Waals surface area contributed by atoms with Crippen LogP contribution in [0.1, 0.15) is 5.56 Å². The van der Waals surface area contributed by atoms with Crippen molar-refractivity contribution in [1.82, 2.24) is 15.4 Å². The molecular weight excluding hydrogens is 214 g/mol. The summed E-state index contributed by atoms with van der Waals surface area (Å²) in [6, 6.07) is 11.1. The molecule has 0 spiro atoms. The third kappa shape index (κ3) is 1.45. The number of benzene rings is 2. The smallest absolute Gasteiger partial charge is 0.123 e. The number of para-hydroxylation sites is 1. The van der Waals surface area contributed by atoms with Gasteiger partial charge in [-0.1, -0.05) is 24.3 Å². The van der Waals surface area contributed by atoms with E-state index in [1.807, 2.05) is 31.2 Å². The standard InChI is InChI=1S/C13H11N3O/c1-8-6-7-10-13(15-16-14-10)12(8)9-4-2-3-5-11(9)17/h2-7,17H,1H3,(H,14,15,16). The minimum absolute atomic E-state index is 0.256. The van der Waals surface area contributed by atoms with Crippen LogP contribution in [0.15, 0.2) is 36.4 Å². The van der Waals surface area contributed by atoms with Crippen LogP contribution in [0.4, 0.5) is 0 Å². The van der Waals surface area contributed by atoms with Gasteiger partial charge in [0.2, 0.25) is 0 Å². The van der Waals surface area contributed by atoms with Crippen LogP contribution in [0.3, 0.4) is 0 Å². The summed E-state index contributed by atoms with van der Waals surface area (Å²) in [5, 5.41) is 20.7. The Hall–Kier alpha value is -2.36. The Balaban J connectivity index is 2.40. The van der Waals surface area contributed by atoms with Crippen molar-refractivity contribution in [3.63, 3.8) is 0 Å². The number of aryl methyl sites for hydroxylation is 1. The van der Waals surface area contributed by atoms with E-state index in [-0.39, 0.29) is 5.75 Å². The van der Waals surface area contributed by atoms with E-state index in [9.17, 15) is 5.11 Å². The first kappa shape index (κ1) is 9.84. The number of phenolic OH excluding ortho intramolecular Hbond substituents is 1. The molecule has 2 aromatic carbocycles. The molecule has 3 aromatic rings. The normalized spacial score (nSPS) is 10.9. The van der Waals surface area contributed by atoms with E-state index in [1.165, 1.54) is 0 Å². The van der Waals surface area contributed by atoms with Crippen LogP contribution < -0.4 is 0 Å². The summed E-state index contributed by atoms with van der Waals surface area (Å²) in [6.07, 6.45) is 0. The zero-order chi connectivity index (χ0) is 11.8. The Morgan fingerprint density at radius 3 is 2.71 bits per heavy atom. The van der Waals surface area contributed by atoms with Crippen LogP contribution in [0.25, 0.3) is 22.2 Å². The van der Waals surface area contributed by atoms with E-state index in [0.29, 0.717) is 0 Å². The van der Waals surface area contributed by atoms with E-state index in [0.717, 1.165) is 27.7 Å². The topological polar surface area (TPSA) is 61.8 Å². The fourth-order valence-corrected chi connectivity index (χ4v) is 2.04. The van der Waals surface area contributed by atoms with Gasteiger partial charge >= 0.3 is 0 Å². The molecule has 0 aliphatic heterocycles. The number of hydrogen-bond donors (Lipinski definition) is 2. The van der Waals surface area contributed by atoms with Crippen LogP contribution in [0.5, 0.6) is 5.75 Å². The van der Waals surface area contributed by atoms with Crippen LogP contribution in [-0.2, 0) is 0 Å². The maximum absolute atomic E-state index is 9.93. The number of fused-ring (bicyclic) bond motifs is 1. The van der Waals surface area contributed by atoms with Gasteiger partial charge in [-0.2, -0.15) is 15.4 Å². The average molecular weight is 225 g/mol. The molecule has 84 valence electrons. The first-order valence-corrected chi connectivity index (χ1v) is 5.36. The second-order valence-electron chi connectivity index (χ2n) is 3.97. The second-order valence-corrected chi connectivity index (χ2v) is 3.97. The predicted octanol–water partition coefficient (Wildman–Crippen LogP) is 2.64. The molecule has 0 saturated carbocycles. The van der Waals surface area contributed by atoms with Gasteiger partial charge in [-0.05, 0) is 24.6 Å². The van der Waals surface area contributed by atoms with E-state index < -0.39 is 0 Å². The van der Waals surface area contributed by atoms with Gasteiger partial charge < -0.3 is 5.11 Å². The number of phenols is 1. The van der Waals surface area contributed by atoms with Crippen LogP contribution in [0.2, 0.25) is 0 Å². The SMILES string of the molecule is Cc1ccc2n[nH]nc2c1-c1ccccc1O. The number of hydrogen-bond acceptors (Lipinski definition) is 3. The van der Waals surface area contributed by atoms with E-state index >= 15 is 0 Å². The summed E-state index contributed by atoms with van der Waals surface area (Å²) in [5.41, 5.74) is 4.35. The summed E-state index contributed by atoms with van der Waals surface area (Å²) < 4.78 is 0. The second kappa shape index (κ2) is 3.59. The van der Waals surface area contributed by atoms with Crippen LogP contribution in [0, 0.1) is 6.92 Å². The third-order valence-electron chi connectivity index (χ3n) is 2.87. The van der Waals surface area contributed by atoms with Crippen molar-refractivity contribution in [3.8, 4) is 16.9 Å². The minimum Gasteiger partial charge on any atom is -0.507 e. The average Bonchev–Trinajstić information content (AvgIpc) is 2.79. The van der Waals surface area contributed by atoms with Crippen molar-refractivity contribution >= 4 is 11.0 Å². The largest absolute Gasteiger partial charge is 0.507 e. The lowest BCUT2D eigenvalue weighted by Crippen LogP contribution is -1.86. The number of nitrogens with one attached hydrogen (secondary N) is 1. The molecule has 0 unspecified atom stereocenters. The Kier molecular flexibility index (Phi) is 2.08. The zero-order valence-corrected chi connectivity index (χ0v) is 9.31. The van der Waals surface area contributed by atoms with Gasteiger partial charge in [-0.3, -0.25) is 0 Å². The van der Waals surface area contributed by atoms with Crippen LogP contribution in [-0.4, -0.2) is 20.5 Å². The molecule has 0 atom stereocenters. The molecule has 0 fully saturated rings. The van der Waals surface area contributed by atoms with Gasteiger partial charge in [0.25, 0.3) is 0 Å². The number of rotatable bonds is 1. The quantitative estimate of drug-likeness (QED) is 0.669. The summed E-state index contributed by atoms with van der Waals surface area (Å²) in [7, 11) is 0. The molecule has 0 amide bonds. The number of nitrogens with zero attached hydrogens (tertiary/aromatic N) is 2. The van der Waals surface area contributed by atoms with Gasteiger partial charge in [-0.25, -0.2) is 0 Å². The summed E-state index contributed by atoms with van der Waals surface area (Å²) in [5.74, 6) is 0.256. The first-order valence-electron chi connectivity index (χ1n) is 5.36. The molecule has 4 heteroatoms. The Labute approximate surface area is 97.9 Å². The minimum atomic E-state index is 0.256. The molecule has 17 heavy (non-hydrogen) atoms. The molecule has 1 heterocycles. The molecule has 1 aromatic heterocycles. The highest BCUT2D eigenvalue weighted by Gasteiger charge is 2.13. The number of aromatic nitrogens is 3. The molecule has 3 rings (SSSR count). The van der Waals surface area contributed by atoms with Crippen molar-refractivity contribution in [2.75, 3.05) is 0 Å². The summed E-state index contributed by atoms with van der Waals surface area (Å²) in [4.78, 5) is 0. The predicted molar refractivity (Wildman–Crippen MR) is 65.7 cm³/mol. The van der Waals surface area contributed by atoms with Gasteiger partial charge in [0.05, 0.1) is 0 Å². The van der Waals surface area contributed by atoms with Gasteiger partial charge in [0.15, 0.2) is 0 Å². The van der Waals surface area contributed by atoms with Crippen molar-refractivity contribution in [2.24, 2.45) is 0 Å². The van der Waals surface area contributed by atoms with Gasteiger partial charge in [0.1, 0.15) is 16.8 Å². The van der Waals surface area contributed by atoms with Crippen molar-refractivity contribution < 1.29 is 5.11 Å². The fourth-order valence-electron chi connectivity index (χ4n) is 2.04. The van der Waals surface area contributed by atoms with Gasteiger partial charge in [-0.15, -0.1) is 0 Å². The molecule has 4 nitrogen and oxygen atoms in total. The van der Waals surface area contributed by atoms with Crippen molar-refractivity contribution in [2.45, 2.75) is 6.92 Å². The van der Waals surface area contributed by atoms with Gasteiger partial charge in [0, 0.05) is 11.1 Å². The highest BCUT2D eigenvalue weighted by Crippen LogP contribution is 2.35. The summed E-state index contributed by atoms with van der Waals surface area (Å²) in [6.45, 7) is 2.00. The third-order valence-corrected chi connectivity index (χ3v) is 2.87. The van der Waals surface area contributed by atoms with Crippen LogP contribution >= 0.6 is 0 Å². The molecule has 0 aliphatic rings. The molecule has 2 N–H and O–H groups in total. The molecule has 0 aliphatic carbocycles. The highest BCUT2D eigenvalue weighted by atomic mass is 16.3. The maximum atomic E-state index is 9.93. The number of aromatic hydroxyl groups is 1. The maximum Gasteiger partial charge on any atom is 0.123 e. The highest BCUT2D eigenvalue weighted by molar-refractivity contribution is 5.94. The van der Waals surface area contributed by atoms with E-state index in [4.69, 9.17) is 0 Å². The van der Waals surface area contributed by atoms with Crippen molar-refractivity contribution in [3.05, 3.63) is 42.0 Å². The Morgan fingerprint density at radius 2 is 1.88 bits per heavy atom. The Bertz CT molecular complexity index is 688. The molecule has 0 bridgehead atoms. The molecular formula is C13H11N3O. The fraction of sp³-hybridized carbons (Fsp3) is 0.0769. The lowest BCUT2D eigenvalue weighted by Gasteiger charge is -2.08. The Morgan fingerprint density at radius 1 is 1.06 bits per heavy atom. The number of aromatic amines is 1. The van der Waals surface area contributed by atoms with E-state index in [1.54, 1.807) is 12.1 Å².